The molecule has 0 saturated carbocycles. The van der Waals surface area contributed by atoms with E-state index >= 15 is 0 Å². The van der Waals surface area contributed by atoms with Crippen molar-refractivity contribution in [2.45, 2.75) is 25.5 Å². The number of hydrogen-bond acceptors (Lipinski definition) is 5. The molecule has 1 atom stereocenters. The average Bonchev–Trinajstić information content (AvgIpc) is 3.23. The van der Waals surface area contributed by atoms with E-state index in [1.807, 2.05) is 24.0 Å². The van der Waals surface area contributed by atoms with Crippen LogP contribution in [0.15, 0.2) is 30.2 Å². The van der Waals surface area contributed by atoms with Gasteiger partial charge in [-0.05, 0) is 31.8 Å². The maximum Gasteiger partial charge on any atom is 0.193 e. The van der Waals surface area contributed by atoms with Crippen LogP contribution in [0.1, 0.15) is 30.5 Å². The minimum Gasteiger partial charge on any atom is -0.385 e. The number of imidazole rings is 2. The number of thiazole rings is 1. The van der Waals surface area contributed by atoms with E-state index in [0.717, 1.165) is 49.0 Å². The van der Waals surface area contributed by atoms with E-state index in [1.165, 1.54) is 0 Å². The first-order chi connectivity index (χ1) is 11.2. The van der Waals surface area contributed by atoms with Gasteiger partial charge in [-0.1, -0.05) is 0 Å². The molecule has 122 valence electrons. The maximum atomic E-state index is 10.5. The van der Waals surface area contributed by atoms with Gasteiger partial charge in [0.05, 0.1) is 5.69 Å². The molecule has 1 saturated heterocycles. The van der Waals surface area contributed by atoms with Crippen molar-refractivity contribution < 1.29 is 5.11 Å². The van der Waals surface area contributed by atoms with Gasteiger partial charge in [-0.3, -0.25) is 9.30 Å². The lowest BCUT2D eigenvalue weighted by molar-refractivity contribution is 0.0489. The van der Waals surface area contributed by atoms with Gasteiger partial charge < -0.3 is 9.67 Å². The lowest BCUT2D eigenvalue weighted by Gasteiger charge is -2.33. The summed E-state index contributed by atoms with van der Waals surface area (Å²) in [5.74, 6) is 1.07. The van der Waals surface area contributed by atoms with Gasteiger partial charge in [0.2, 0.25) is 0 Å². The zero-order chi connectivity index (χ0) is 15.8. The molecule has 1 aliphatic rings. The summed E-state index contributed by atoms with van der Waals surface area (Å²) in [5, 5.41) is 12.6. The molecule has 3 aromatic heterocycles. The van der Waals surface area contributed by atoms with Gasteiger partial charge in [-0.2, -0.15) is 0 Å². The fraction of sp³-hybridized carbons (Fsp3) is 0.500. The van der Waals surface area contributed by atoms with Gasteiger partial charge in [-0.15, -0.1) is 11.3 Å². The number of aliphatic hydroxyl groups is 1. The van der Waals surface area contributed by atoms with Crippen LogP contribution in [0.5, 0.6) is 0 Å². The topological polar surface area (TPSA) is 58.6 Å². The second-order valence-corrected chi connectivity index (χ2v) is 7.15. The second kappa shape index (κ2) is 6.07. The molecule has 0 spiro atoms. The zero-order valence-electron chi connectivity index (χ0n) is 13.2. The van der Waals surface area contributed by atoms with Crippen molar-refractivity contribution in [3.05, 3.63) is 41.7 Å². The summed E-state index contributed by atoms with van der Waals surface area (Å²) in [6, 6.07) is 0. The summed E-state index contributed by atoms with van der Waals surface area (Å²) in [6.07, 6.45) is 9.32. The number of fused-ring (bicyclic) bond motifs is 1. The van der Waals surface area contributed by atoms with Crippen LogP contribution >= 0.6 is 11.3 Å². The Morgan fingerprint density at radius 3 is 2.87 bits per heavy atom. The molecule has 23 heavy (non-hydrogen) atoms. The average molecular weight is 331 g/mol. The summed E-state index contributed by atoms with van der Waals surface area (Å²) in [6.45, 7) is 2.88. The molecule has 0 amide bonds. The van der Waals surface area contributed by atoms with Gasteiger partial charge >= 0.3 is 0 Å². The Morgan fingerprint density at radius 2 is 2.17 bits per heavy atom. The van der Waals surface area contributed by atoms with E-state index in [0.29, 0.717) is 0 Å². The minimum atomic E-state index is -0.463. The third-order valence-electron chi connectivity index (χ3n) is 4.73. The van der Waals surface area contributed by atoms with Crippen molar-refractivity contribution in [1.82, 2.24) is 23.8 Å². The van der Waals surface area contributed by atoms with Crippen LogP contribution in [0, 0.1) is 5.92 Å². The Balaban J connectivity index is 1.35. The molecular weight excluding hydrogens is 310 g/mol. The molecule has 1 N–H and O–H groups in total. The number of aryl methyl sites for hydroxylation is 1. The molecule has 6 nitrogen and oxygen atoms in total. The van der Waals surface area contributed by atoms with Gasteiger partial charge in [0.15, 0.2) is 4.96 Å². The first kappa shape index (κ1) is 14.9. The summed E-state index contributed by atoms with van der Waals surface area (Å²) >= 11 is 1.67. The van der Waals surface area contributed by atoms with E-state index in [-0.39, 0.29) is 5.92 Å². The van der Waals surface area contributed by atoms with Crippen LogP contribution in [0.4, 0.5) is 0 Å². The van der Waals surface area contributed by atoms with Crippen molar-refractivity contribution in [2.24, 2.45) is 13.0 Å². The molecule has 0 bridgehead atoms. The van der Waals surface area contributed by atoms with Gasteiger partial charge in [-0.25, -0.2) is 9.97 Å². The van der Waals surface area contributed by atoms with Gasteiger partial charge in [0, 0.05) is 43.8 Å². The van der Waals surface area contributed by atoms with E-state index in [2.05, 4.69) is 30.8 Å². The quantitative estimate of drug-likeness (QED) is 0.795. The summed E-state index contributed by atoms with van der Waals surface area (Å²) < 4.78 is 3.99. The number of aliphatic hydroxyl groups excluding tert-OH is 1. The van der Waals surface area contributed by atoms with Crippen LogP contribution in [0.3, 0.4) is 0 Å². The first-order valence-corrected chi connectivity index (χ1v) is 8.87. The molecule has 4 heterocycles. The monoisotopic (exact) mass is 331 g/mol. The SMILES string of the molecule is Cn1ccnc1C(O)C1CCN(Cc2cn3ccsc3n2)CC1. The highest BCUT2D eigenvalue weighted by Crippen LogP contribution is 2.30. The van der Waals surface area contributed by atoms with Crippen molar-refractivity contribution in [1.29, 1.82) is 0 Å². The van der Waals surface area contributed by atoms with Crippen molar-refractivity contribution >= 4 is 16.3 Å². The first-order valence-electron chi connectivity index (χ1n) is 7.99. The maximum absolute atomic E-state index is 10.5. The van der Waals surface area contributed by atoms with Crippen LogP contribution in [0.2, 0.25) is 0 Å². The molecular formula is C16H21N5OS. The smallest absolute Gasteiger partial charge is 0.193 e. The number of hydrogen-bond donors (Lipinski definition) is 1. The van der Waals surface area contributed by atoms with Crippen LogP contribution in [0.25, 0.3) is 4.96 Å². The highest BCUT2D eigenvalue weighted by molar-refractivity contribution is 7.15. The number of nitrogens with zero attached hydrogens (tertiary/aromatic N) is 5. The predicted molar refractivity (Wildman–Crippen MR) is 89.2 cm³/mol. The summed E-state index contributed by atoms with van der Waals surface area (Å²) in [4.78, 5) is 12.4. The van der Waals surface area contributed by atoms with E-state index in [9.17, 15) is 5.11 Å². The van der Waals surface area contributed by atoms with E-state index in [1.54, 1.807) is 17.5 Å². The summed E-state index contributed by atoms with van der Waals surface area (Å²) in [7, 11) is 1.94. The fourth-order valence-electron chi connectivity index (χ4n) is 3.38. The predicted octanol–water partition coefficient (Wildman–Crippen LogP) is 2.07. The number of likely N-dealkylation sites (tertiary alicyclic amines) is 1. The summed E-state index contributed by atoms with van der Waals surface area (Å²) in [5.41, 5.74) is 1.12. The Bertz CT molecular complexity index is 755. The standard InChI is InChI=1S/C16H21N5OS/c1-19-7-4-17-15(19)14(22)12-2-5-20(6-3-12)10-13-11-21-8-9-23-16(21)18-13/h4,7-9,11-12,14,22H,2-3,5-6,10H2,1H3. The normalized spacial score (nSPS) is 18.7. The Hall–Kier alpha value is -1.70. The van der Waals surface area contributed by atoms with Crippen LogP contribution in [-0.4, -0.2) is 42.0 Å². The Morgan fingerprint density at radius 1 is 1.35 bits per heavy atom. The highest BCUT2D eigenvalue weighted by Gasteiger charge is 2.28. The second-order valence-electron chi connectivity index (χ2n) is 6.28. The zero-order valence-corrected chi connectivity index (χ0v) is 14.0. The molecule has 7 heteroatoms. The van der Waals surface area contributed by atoms with Crippen LogP contribution < -0.4 is 0 Å². The number of rotatable bonds is 4. The molecule has 3 aromatic rings. The molecule has 0 aliphatic carbocycles. The fourth-order valence-corrected chi connectivity index (χ4v) is 4.10. The molecule has 1 unspecified atom stereocenters. The van der Waals surface area contributed by atoms with E-state index in [4.69, 9.17) is 0 Å². The third kappa shape index (κ3) is 2.91. The van der Waals surface area contributed by atoms with Gasteiger partial charge in [0.1, 0.15) is 11.9 Å². The molecule has 4 rings (SSSR count). The van der Waals surface area contributed by atoms with Gasteiger partial charge in [0.25, 0.3) is 0 Å². The minimum absolute atomic E-state index is 0.290. The molecule has 1 aliphatic heterocycles. The van der Waals surface area contributed by atoms with Crippen LogP contribution in [-0.2, 0) is 13.6 Å². The van der Waals surface area contributed by atoms with E-state index < -0.39 is 6.10 Å². The van der Waals surface area contributed by atoms with Crippen molar-refractivity contribution in [2.75, 3.05) is 13.1 Å². The largest absolute Gasteiger partial charge is 0.385 e. The lowest BCUT2D eigenvalue weighted by Crippen LogP contribution is -2.35. The molecule has 1 fully saturated rings. The van der Waals surface area contributed by atoms with Crippen molar-refractivity contribution in [3.63, 3.8) is 0 Å². The van der Waals surface area contributed by atoms with Crippen molar-refractivity contribution in [3.8, 4) is 0 Å². The molecule has 0 radical (unpaired) electrons. The molecule has 0 aromatic carbocycles. The number of piperidine rings is 1. The lowest BCUT2D eigenvalue weighted by atomic mass is 9.90. The Labute approximate surface area is 139 Å². The highest BCUT2D eigenvalue weighted by atomic mass is 32.1. The number of aromatic nitrogens is 4. The third-order valence-corrected chi connectivity index (χ3v) is 5.50. The Kier molecular flexibility index (Phi) is 3.92.